The Morgan fingerprint density at radius 1 is 0.569 bits per heavy atom. The van der Waals surface area contributed by atoms with Gasteiger partial charge in [-0.1, -0.05) is 166 Å². The van der Waals surface area contributed by atoms with Crippen LogP contribution in [0, 0.1) is 5.92 Å². The molecule has 11 aromatic rings. The molecule has 3 atom stereocenters. The van der Waals surface area contributed by atoms with Gasteiger partial charge in [0.1, 0.15) is 5.70 Å². The molecular formula is C62H47N2S+. The summed E-state index contributed by atoms with van der Waals surface area (Å²) in [4.78, 5) is 5.70. The minimum atomic E-state index is 0.0731. The molecule has 65 heavy (non-hydrogen) atoms. The molecule has 2 nitrogen and oxygen atoms in total. The van der Waals surface area contributed by atoms with Gasteiger partial charge in [-0.25, -0.2) is 4.58 Å². The van der Waals surface area contributed by atoms with Crippen LogP contribution in [0.2, 0.25) is 0 Å². The van der Waals surface area contributed by atoms with Crippen molar-refractivity contribution in [2.24, 2.45) is 10.9 Å². The van der Waals surface area contributed by atoms with Crippen LogP contribution in [0.3, 0.4) is 0 Å². The topological polar surface area (TPSA) is 15.4 Å². The van der Waals surface area contributed by atoms with Gasteiger partial charge in [0.25, 0.3) is 0 Å². The summed E-state index contributed by atoms with van der Waals surface area (Å²) in [5.41, 5.74) is 11.5. The average Bonchev–Trinajstić information content (AvgIpc) is 3.70. The first-order valence-electron chi connectivity index (χ1n) is 23.1. The van der Waals surface area contributed by atoms with Gasteiger partial charge in [-0.05, 0) is 131 Å². The van der Waals surface area contributed by atoms with E-state index in [4.69, 9.17) is 4.99 Å². The fourth-order valence-electron chi connectivity index (χ4n) is 11.9. The van der Waals surface area contributed by atoms with Crippen molar-refractivity contribution in [3.05, 3.63) is 221 Å². The maximum absolute atomic E-state index is 5.70. The monoisotopic (exact) mass is 851 g/mol. The third-order valence-electron chi connectivity index (χ3n) is 15.2. The van der Waals surface area contributed by atoms with Gasteiger partial charge in [0, 0.05) is 42.6 Å². The van der Waals surface area contributed by atoms with E-state index in [0.29, 0.717) is 0 Å². The van der Waals surface area contributed by atoms with Gasteiger partial charge in [-0.2, -0.15) is 0 Å². The molecule has 2 heterocycles. The first kappa shape index (κ1) is 38.3. The Bertz CT molecular complexity index is 3910. The number of nitrogens with zero attached hydrogens (tertiary/aromatic N) is 2. The number of aliphatic imine (C=N–C) groups is 1. The summed E-state index contributed by atoms with van der Waals surface area (Å²) < 4.78 is 5.05. The lowest BCUT2D eigenvalue weighted by atomic mass is 9.70. The average molecular weight is 852 g/mol. The molecule has 13 rings (SSSR count). The summed E-state index contributed by atoms with van der Waals surface area (Å²) in [6.07, 6.45) is 0.982. The highest BCUT2D eigenvalue weighted by atomic mass is 32.1. The van der Waals surface area contributed by atoms with Gasteiger partial charge in [0.15, 0.2) is 5.71 Å². The Labute approximate surface area is 383 Å². The van der Waals surface area contributed by atoms with Crippen molar-refractivity contribution in [1.29, 1.82) is 0 Å². The van der Waals surface area contributed by atoms with Crippen LogP contribution in [-0.2, 0) is 6.42 Å². The normalized spacial score (nSPS) is 17.1. The van der Waals surface area contributed by atoms with E-state index >= 15 is 0 Å². The lowest BCUT2D eigenvalue weighted by Gasteiger charge is -2.33. The Morgan fingerprint density at radius 3 is 2.03 bits per heavy atom. The second kappa shape index (κ2) is 14.7. The van der Waals surface area contributed by atoms with Gasteiger partial charge >= 0.3 is 5.84 Å². The van der Waals surface area contributed by atoms with Gasteiger partial charge in [0.2, 0.25) is 0 Å². The largest absolute Gasteiger partial charge is 0.330 e. The zero-order valence-corrected chi connectivity index (χ0v) is 37.9. The van der Waals surface area contributed by atoms with Crippen LogP contribution < -0.4 is 0 Å². The molecule has 3 heteroatoms. The third kappa shape index (κ3) is 5.65. The van der Waals surface area contributed by atoms with Gasteiger partial charge in [-0.3, -0.25) is 0 Å². The van der Waals surface area contributed by atoms with Crippen LogP contribution in [0.5, 0.6) is 0 Å². The molecule has 2 aliphatic rings. The van der Waals surface area contributed by atoms with Crippen molar-refractivity contribution in [2.75, 3.05) is 7.05 Å². The molecule has 3 unspecified atom stereocenters. The van der Waals surface area contributed by atoms with Crippen LogP contribution in [0.15, 0.2) is 193 Å². The lowest BCUT2D eigenvalue weighted by Crippen LogP contribution is -2.18. The zero-order valence-electron chi connectivity index (χ0n) is 37.1. The van der Waals surface area contributed by atoms with Crippen LogP contribution in [0.25, 0.3) is 79.7 Å². The standard InChI is InChI=1S/C62H47N2S/c1-36-37(2)60(39-18-7-5-8-19-39)64(4)62(40-20-9-6-10-21-40)63-59(36)49-32-30-42(44-24-13-14-25-45(44)49)38(3)52-35-54-43-23-12-11-22-41(43)34-53-48-31-33-50-46-26-15-16-29-55(46)65-61(50)58(48)51-28-17-27-47(52)56(51)57(53)54/h5-34,36,38,52H,35H2,1-4H3/q+1. The van der Waals surface area contributed by atoms with Crippen molar-refractivity contribution in [3.63, 3.8) is 0 Å². The molecule has 0 saturated heterocycles. The van der Waals surface area contributed by atoms with Gasteiger partial charge in [-0.15, -0.1) is 11.3 Å². The van der Waals surface area contributed by atoms with Crippen molar-refractivity contribution in [1.82, 2.24) is 0 Å². The highest BCUT2D eigenvalue weighted by Gasteiger charge is 2.35. The second-order valence-electron chi connectivity index (χ2n) is 18.4. The van der Waals surface area contributed by atoms with Crippen molar-refractivity contribution in [2.45, 2.75) is 39.0 Å². The van der Waals surface area contributed by atoms with E-state index in [9.17, 15) is 0 Å². The molecule has 0 spiro atoms. The van der Waals surface area contributed by atoms with E-state index in [-0.39, 0.29) is 17.8 Å². The second-order valence-corrected chi connectivity index (χ2v) is 19.5. The lowest BCUT2D eigenvalue weighted by molar-refractivity contribution is -0.396. The van der Waals surface area contributed by atoms with Crippen molar-refractivity contribution < 1.29 is 4.58 Å². The quantitative estimate of drug-likeness (QED) is 0.0931. The van der Waals surface area contributed by atoms with Crippen LogP contribution in [0.4, 0.5) is 0 Å². The van der Waals surface area contributed by atoms with E-state index < -0.39 is 0 Å². The molecule has 10 aromatic carbocycles. The Morgan fingerprint density at radius 2 is 1.23 bits per heavy atom. The predicted molar refractivity (Wildman–Crippen MR) is 280 cm³/mol. The number of amidine groups is 1. The molecule has 0 N–H and O–H groups in total. The summed E-state index contributed by atoms with van der Waals surface area (Å²) in [7, 11) is 2.18. The van der Waals surface area contributed by atoms with E-state index in [1.54, 1.807) is 0 Å². The number of fused-ring (bicyclic) bond motifs is 10. The summed E-state index contributed by atoms with van der Waals surface area (Å²) >= 11 is 1.95. The first-order valence-corrected chi connectivity index (χ1v) is 23.9. The maximum Gasteiger partial charge on any atom is 0.330 e. The van der Waals surface area contributed by atoms with Crippen molar-refractivity contribution in [3.8, 4) is 0 Å². The highest BCUT2D eigenvalue weighted by Crippen LogP contribution is 2.53. The SMILES string of the molecule is CC1=C(c2ccccc2)[N+](C)=C(c2ccccc2)N=C(c2ccc(C(C)C3Cc4c5ccccc5cc5c6ccc7c8ccccc8sc7c6c6cccc3c6c45)c3ccccc23)C1C. The Kier molecular flexibility index (Phi) is 8.64. The summed E-state index contributed by atoms with van der Waals surface area (Å²) in [6, 6.07) is 68.0. The predicted octanol–water partition coefficient (Wildman–Crippen LogP) is 16.2. The highest BCUT2D eigenvalue weighted by molar-refractivity contribution is 7.26. The molecule has 1 aromatic heterocycles. The van der Waals surface area contributed by atoms with E-state index in [1.165, 1.54) is 113 Å². The molecular weight excluding hydrogens is 805 g/mol. The van der Waals surface area contributed by atoms with E-state index in [0.717, 1.165) is 23.5 Å². The number of hydrogen-bond donors (Lipinski definition) is 0. The zero-order chi connectivity index (χ0) is 43.5. The molecule has 0 amide bonds. The minimum Gasteiger partial charge on any atom is -0.226 e. The molecule has 0 radical (unpaired) electrons. The summed E-state index contributed by atoms with van der Waals surface area (Å²) in [5.74, 6) is 1.53. The van der Waals surface area contributed by atoms with Crippen LogP contribution in [-0.4, -0.2) is 23.2 Å². The van der Waals surface area contributed by atoms with Gasteiger partial charge in [0.05, 0.1) is 12.6 Å². The molecule has 1 aliphatic carbocycles. The van der Waals surface area contributed by atoms with Crippen LogP contribution in [0.1, 0.15) is 66.0 Å². The maximum atomic E-state index is 5.70. The molecule has 310 valence electrons. The van der Waals surface area contributed by atoms with Crippen molar-refractivity contribution >= 4 is 103 Å². The first-order chi connectivity index (χ1) is 31.9. The smallest absolute Gasteiger partial charge is 0.226 e. The molecule has 0 bridgehead atoms. The number of rotatable bonds is 5. The number of thiophene rings is 1. The third-order valence-corrected chi connectivity index (χ3v) is 16.4. The molecule has 1 aliphatic heterocycles. The Balaban J connectivity index is 1.02. The summed E-state index contributed by atoms with van der Waals surface area (Å²) in [6.45, 7) is 7.13. The van der Waals surface area contributed by atoms with E-state index in [2.05, 4.69) is 214 Å². The van der Waals surface area contributed by atoms with Crippen LogP contribution >= 0.6 is 11.3 Å². The number of allylic oxidation sites excluding steroid dienone is 1. The van der Waals surface area contributed by atoms with Gasteiger partial charge < -0.3 is 0 Å². The fraction of sp³-hybridized carbons (Fsp3) is 0.129. The number of hydrogen-bond acceptors (Lipinski definition) is 2. The fourth-order valence-corrected chi connectivity index (χ4v) is 13.2. The molecule has 0 saturated carbocycles. The number of benzene rings is 10. The Hall–Kier alpha value is -7.20. The minimum absolute atomic E-state index is 0.0731. The summed E-state index contributed by atoms with van der Waals surface area (Å²) in [5, 5.41) is 16.4. The van der Waals surface area contributed by atoms with E-state index in [1.807, 2.05) is 11.3 Å². The molecule has 0 fully saturated rings.